The molecule has 0 aliphatic carbocycles. The summed E-state index contributed by atoms with van der Waals surface area (Å²) >= 11 is 0. The molecule has 3 aromatic heterocycles. The van der Waals surface area contributed by atoms with Gasteiger partial charge in [-0.3, -0.25) is 0 Å². The van der Waals surface area contributed by atoms with Crippen molar-refractivity contribution in [3.8, 4) is 11.1 Å². The number of hydrogen-bond donors (Lipinski definition) is 0. The van der Waals surface area contributed by atoms with Gasteiger partial charge >= 0.3 is 0 Å². The van der Waals surface area contributed by atoms with Crippen molar-refractivity contribution in [1.29, 1.82) is 0 Å². The van der Waals surface area contributed by atoms with Crippen LogP contribution >= 0.6 is 0 Å². The van der Waals surface area contributed by atoms with E-state index < -0.39 is 0 Å². The number of fused-ring (bicyclic) bond motifs is 6. The molecule has 0 unspecified atom stereocenters. The van der Waals surface area contributed by atoms with Crippen LogP contribution in [0.1, 0.15) is 0 Å². The van der Waals surface area contributed by atoms with E-state index in [0.717, 1.165) is 66.2 Å². The second kappa shape index (κ2) is 6.77. The van der Waals surface area contributed by atoms with Crippen LogP contribution in [0, 0.1) is 0 Å². The molecule has 10 aromatic rings. The molecule has 0 fully saturated rings. The van der Waals surface area contributed by atoms with Crippen molar-refractivity contribution in [1.82, 2.24) is 0 Å². The predicted octanol–water partition coefficient (Wildman–Crippen LogP) is 10.8. The maximum absolute atomic E-state index is 6.62. The van der Waals surface area contributed by atoms with Crippen molar-refractivity contribution < 1.29 is 13.3 Å². The molecule has 0 amide bonds. The van der Waals surface area contributed by atoms with E-state index in [1.165, 1.54) is 32.3 Å². The molecular formula is C36H18O3. The fraction of sp³-hybridized carbons (Fsp3) is 0. The molecule has 0 bridgehead atoms. The lowest BCUT2D eigenvalue weighted by molar-refractivity contribution is 0.655. The van der Waals surface area contributed by atoms with Gasteiger partial charge in [-0.2, -0.15) is 0 Å². The van der Waals surface area contributed by atoms with Crippen molar-refractivity contribution >= 4 is 87.4 Å². The fourth-order valence-electron chi connectivity index (χ4n) is 6.80. The van der Waals surface area contributed by atoms with E-state index in [2.05, 4.69) is 72.8 Å². The zero-order chi connectivity index (χ0) is 25.2. The highest BCUT2D eigenvalue weighted by molar-refractivity contribution is 6.33. The van der Waals surface area contributed by atoms with Gasteiger partial charge in [-0.1, -0.05) is 72.8 Å². The minimum absolute atomic E-state index is 0.810. The van der Waals surface area contributed by atoms with Gasteiger partial charge in [-0.05, 0) is 74.3 Å². The van der Waals surface area contributed by atoms with Crippen LogP contribution in [0.5, 0.6) is 0 Å². The van der Waals surface area contributed by atoms with E-state index in [0.29, 0.717) is 0 Å². The lowest BCUT2D eigenvalue weighted by Gasteiger charge is -2.12. The molecular weight excluding hydrogens is 480 g/mol. The minimum Gasteiger partial charge on any atom is -0.456 e. The molecule has 10 rings (SSSR count). The van der Waals surface area contributed by atoms with Gasteiger partial charge in [0.25, 0.3) is 0 Å². The Labute approximate surface area is 220 Å². The van der Waals surface area contributed by atoms with Crippen molar-refractivity contribution in [2.24, 2.45) is 0 Å². The van der Waals surface area contributed by atoms with Crippen molar-refractivity contribution in [2.75, 3.05) is 0 Å². The van der Waals surface area contributed by atoms with Crippen LogP contribution in [0.3, 0.4) is 0 Å². The molecule has 0 spiro atoms. The molecule has 7 aromatic carbocycles. The average molecular weight is 499 g/mol. The van der Waals surface area contributed by atoms with Gasteiger partial charge in [0.2, 0.25) is 0 Å². The molecule has 0 radical (unpaired) electrons. The summed E-state index contributed by atoms with van der Waals surface area (Å²) in [7, 11) is 0. The Balaban J connectivity index is 1.41. The topological polar surface area (TPSA) is 39.4 Å². The molecule has 180 valence electrons. The molecule has 3 heterocycles. The number of hydrogen-bond acceptors (Lipinski definition) is 3. The van der Waals surface area contributed by atoms with E-state index in [4.69, 9.17) is 13.3 Å². The van der Waals surface area contributed by atoms with Crippen LogP contribution in [-0.2, 0) is 0 Å². The van der Waals surface area contributed by atoms with E-state index in [1.807, 2.05) is 36.4 Å². The predicted molar refractivity (Wildman–Crippen MR) is 160 cm³/mol. The van der Waals surface area contributed by atoms with Gasteiger partial charge < -0.3 is 13.3 Å². The second-order valence-electron chi connectivity index (χ2n) is 10.4. The van der Waals surface area contributed by atoms with Crippen LogP contribution in [0.4, 0.5) is 0 Å². The third kappa shape index (κ3) is 2.39. The second-order valence-corrected chi connectivity index (χ2v) is 10.4. The minimum atomic E-state index is 0.810. The average Bonchev–Trinajstić information content (AvgIpc) is 3.51. The third-order valence-corrected chi connectivity index (χ3v) is 8.43. The molecule has 0 N–H and O–H groups in total. The first kappa shape index (κ1) is 19.8. The first-order valence-corrected chi connectivity index (χ1v) is 13.2. The summed E-state index contributed by atoms with van der Waals surface area (Å²) < 4.78 is 19.5. The SMILES string of the molecule is c1cc2oc3cccc4oc5c(-c6ccc7c8ccccc8c8ccccc8c7c6)cc6oc(c1)c2c6c5c34. The molecule has 0 saturated carbocycles. The Hall–Kier alpha value is -5.28. The van der Waals surface area contributed by atoms with Crippen LogP contribution < -0.4 is 0 Å². The normalized spacial score (nSPS) is 12.6. The monoisotopic (exact) mass is 498 g/mol. The summed E-state index contributed by atoms with van der Waals surface area (Å²) in [6.07, 6.45) is 0. The van der Waals surface area contributed by atoms with Gasteiger partial charge in [0.05, 0.1) is 10.8 Å². The number of furan rings is 2. The van der Waals surface area contributed by atoms with Gasteiger partial charge in [0, 0.05) is 16.3 Å². The third-order valence-electron chi connectivity index (χ3n) is 8.43. The highest BCUT2D eigenvalue weighted by Crippen LogP contribution is 2.48. The Morgan fingerprint density at radius 2 is 0.846 bits per heavy atom. The molecule has 3 heteroatoms. The summed E-state index contributed by atoms with van der Waals surface area (Å²) in [6, 6.07) is 38.3. The van der Waals surface area contributed by atoms with Gasteiger partial charge in [0.15, 0.2) is 0 Å². The summed E-state index contributed by atoms with van der Waals surface area (Å²) in [5.74, 6) is 0. The van der Waals surface area contributed by atoms with Crippen molar-refractivity contribution in [2.45, 2.75) is 0 Å². The van der Waals surface area contributed by atoms with Gasteiger partial charge in [-0.25, -0.2) is 0 Å². The molecule has 3 nitrogen and oxygen atoms in total. The van der Waals surface area contributed by atoms with Gasteiger partial charge in [-0.15, -0.1) is 0 Å². The largest absolute Gasteiger partial charge is 0.456 e. The number of rotatable bonds is 1. The maximum Gasteiger partial charge on any atom is 0.144 e. The summed E-state index contributed by atoms with van der Waals surface area (Å²) in [5.41, 5.74) is 7.06. The smallest absolute Gasteiger partial charge is 0.144 e. The lowest BCUT2D eigenvalue weighted by Crippen LogP contribution is -1.85. The van der Waals surface area contributed by atoms with Crippen molar-refractivity contribution in [3.63, 3.8) is 0 Å². The first-order chi connectivity index (χ1) is 19.3. The Bertz CT molecular complexity index is 2570. The van der Waals surface area contributed by atoms with Crippen LogP contribution in [-0.4, -0.2) is 0 Å². The van der Waals surface area contributed by atoms with Crippen LogP contribution in [0.15, 0.2) is 122 Å². The van der Waals surface area contributed by atoms with E-state index >= 15 is 0 Å². The Kier molecular flexibility index (Phi) is 3.44. The summed E-state index contributed by atoms with van der Waals surface area (Å²) in [4.78, 5) is 0. The van der Waals surface area contributed by atoms with Gasteiger partial charge in [0.1, 0.15) is 33.5 Å². The zero-order valence-electron chi connectivity index (χ0n) is 20.6. The highest BCUT2D eigenvalue weighted by atomic mass is 16.4. The first-order valence-electron chi connectivity index (χ1n) is 13.2. The van der Waals surface area contributed by atoms with E-state index in [-0.39, 0.29) is 0 Å². The standard InChI is InChI=1S/C36H18O3/c1-2-9-22-20(7-1)21-8-3-4-10-23(21)26-17-19(15-16-24(22)26)25-18-31-34-32-27(11-5-12-28(32)38-31)37-29-13-6-14-30-33(29)35(34)36(25)39-30/h1-18H. The molecule has 0 atom stereocenters. The van der Waals surface area contributed by atoms with Crippen LogP contribution in [0.2, 0.25) is 0 Å². The maximum atomic E-state index is 6.62. The molecule has 0 aliphatic heterocycles. The number of benzene rings is 7. The van der Waals surface area contributed by atoms with Crippen LogP contribution in [0.25, 0.3) is 98.5 Å². The summed E-state index contributed by atoms with van der Waals surface area (Å²) in [6.45, 7) is 0. The fourth-order valence-corrected chi connectivity index (χ4v) is 6.80. The summed E-state index contributed by atoms with van der Waals surface area (Å²) in [5, 5.41) is 11.6. The van der Waals surface area contributed by atoms with E-state index in [1.54, 1.807) is 0 Å². The molecule has 0 saturated heterocycles. The quantitative estimate of drug-likeness (QED) is 0.211. The Morgan fingerprint density at radius 1 is 0.333 bits per heavy atom. The van der Waals surface area contributed by atoms with Crippen molar-refractivity contribution in [3.05, 3.63) is 109 Å². The lowest BCUT2D eigenvalue weighted by atomic mass is 9.91. The molecule has 0 aliphatic rings. The Morgan fingerprint density at radius 3 is 1.49 bits per heavy atom. The zero-order valence-corrected chi connectivity index (χ0v) is 20.6. The van der Waals surface area contributed by atoms with E-state index in [9.17, 15) is 0 Å². The highest BCUT2D eigenvalue weighted by Gasteiger charge is 2.24. The molecule has 39 heavy (non-hydrogen) atoms.